The Labute approximate surface area is 162 Å². The maximum absolute atomic E-state index is 12.3. The second kappa shape index (κ2) is 7.92. The zero-order valence-corrected chi connectivity index (χ0v) is 16.0. The lowest BCUT2D eigenvalue weighted by Gasteiger charge is -2.18. The van der Waals surface area contributed by atoms with Crippen LogP contribution < -0.4 is 4.90 Å². The van der Waals surface area contributed by atoms with E-state index in [2.05, 4.69) is 0 Å². The van der Waals surface area contributed by atoms with E-state index in [9.17, 15) is 14.4 Å². The minimum Gasteiger partial charge on any atom is -0.454 e. The van der Waals surface area contributed by atoms with Crippen molar-refractivity contribution in [2.75, 3.05) is 18.1 Å². The third-order valence-electron chi connectivity index (χ3n) is 4.71. The lowest BCUT2D eigenvalue weighted by molar-refractivity contribution is -0.117. The molecular formula is C21H20ClNO4. The number of ether oxygens (including phenoxy) is 1. The summed E-state index contributed by atoms with van der Waals surface area (Å²) >= 11 is 6.18. The number of aryl methyl sites for hydroxylation is 2. The van der Waals surface area contributed by atoms with Crippen LogP contribution in [0.2, 0.25) is 5.02 Å². The molecule has 1 amide bonds. The number of Topliss-reactive ketones (excluding diaryl/α,β-unsaturated/α-hetero) is 1. The van der Waals surface area contributed by atoms with E-state index in [1.54, 1.807) is 23.1 Å². The van der Waals surface area contributed by atoms with Gasteiger partial charge in [0.05, 0.1) is 16.3 Å². The summed E-state index contributed by atoms with van der Waals surface area (Å²) in [6.07, 6.45) is 1.23. The molecule has 140 valence electrons. The van der Waals surface area contributed by atoms with Crippen LogP contribution in [0.15, 0.2) is 36.4 Å². The second-order valence-electron chi connectivity index (χ2n) is 6.61. The Morgan fingerprint density at radius 3 is 2.48 bits per heavy atom. The number of anilines is 1. The van der Waals surface area contributed by atoms with Crippen LogP contribution in [-0.4, -0.2) is 30.8 Å². The maximum Gasteiger partial charge on any atom is 0.338 e. The molecule has 0 aromatic heterocycles. The van der Waals surface area contributed by atoms with Crippen molar-refractivity contribution < 1.29 is 19.1 Å². The Bertz CT molecular complexity index is 922. The lowest BCUT2D eigenvalue weighted by Crippen LogP contribution is -2.24. The van der Waals surface area contributed by atoms with Crippen molar-refractivity contribution in [3.05, 3.63) is 63.7 Å². The van der Waals surface area contributed by atoms with Crippen molar-refractivity contribution >= 4 is 34.9 Å². The van der Waals surface area contributed by atoms with E-state index in [0.29, 0.717) is 29.2 Å². The molecule has 0 N–H and O–H groups in total. The third kappa shape index (κ3) is 4.19. The van der Waals surface area contributed by atoms with Gasteiger partial charge in [0.15, 0.2) is 12.4 Å². The summed E-state index contributed by atoms with van der Waals surface area (Å²) in [6.45, 7) is 4.12. The summed E-state index contributed by atoms with van der Waals surface area (Å²) in [6, 6.07) is 9.99. The number of hydrogen-bond acceptors (Lipinski definition) is 4. The molecule has 1 saturated heterocycles. The number of rotatable bonds is 5. The monoisotopic (exact) mass is 385 g/mol. The molecule has 1 heterocycles. The fourth-order valence-corrected chi connectivity index (χ4v) is 3.18. The van der Waals surface area contributed by atoms with Crippen LogP contribution in [0, 0.1) is 13.8 Å². The van der Waals surface area contributed by atoms with Crippen LogP contribution in [0.3, 0.4) is 0 Å². The quantitative estimate of drug-likeness (QED) is 0.573. The highest BCUT2D eigenvalue weighted by molar-refractivity contribution is 6.34. The van der Waals surface area contributed by atoms with Gasteiger partial charge in [0, 0.05) is 18.5 Å². The van der Waals surface area contributed by atoms with Gasteiger partial charge >= 0.3 is 5.97 Å². The van der Waals surface area contributed by atoms with Crippen molar-refractivity contribution in [1.29, 1.82) is 0 Å². The number of benzene rings is 2. The number of nitrogens with zero attached hydrogens (tertiary/aromatic N) is 1. The van der Waals surface area contributed by atoms with Crippen molar-refractivity contribution in [1.82, 2.24) is 0 Å². The number of amides is 1. The maximum atomic E-state index is 12.3. The average molecular weight is 386 g/mol. The van der Waals surface area contributed by atoms with E-state index in [1.165, 1.54) is 12.1 Å². The molecule has 1 aliphatic rings. The van der Waals surface area contributed by atoms with Gasteiger partial charge in [0.25, 0.3) is 0 Å². The summed E-state index contributed by atoms with van der Waals surface area (Å²) in [4.78, 5) is 38.1. The molecule has 2 aromatic rings. The first kappa shape index (κ1) is 19.1. The van der Waals surface area contributed by atoms with E-state index in [0.717, 1.165) is 17.5 Å². The SMILES string of the molecule is Cc1ccc(C(=O)COC(=O)c2ccc(Cl)c(N3CCCC3=O)c2)cc1C. The Morgan fingerprint density at radius 2 is 1.81 bits per heavy atom. The van der Waals surface area contributed by atoms with Gasteiger partial charge in [-0.1, -0.05) is 23.7 Å². The predicted octanol–water partition coefficient (Wildman–Crippen LogP) is 4.12. The fourth-order valence-electron chi connectivity index (χ4n) is 2.96. The van der Waals surface area contributed by atoms with Gasteiger partial charge in [-0.3, -0.25) is 9.59 Å². The van der Waals surface area contributed by atoms with Crippen LogP contribution in [0.25, 0.3) is 0 Å². The Hall–Kier alpha value is -2.66. The molecule has 6 heteroatoms. The summed E-state index contributed by atoms with van der Waals surface area (Å²) in [5.74, 6) is -0.917. The minimum absolute atomic E-state index is 0.0210. The molecule has 0 unspecified atom stereocenters. The molecule has 3 rings (SSSR count). The van der Waals surface area contributed by atoms with Crippen LogP contribution in [0.5, 0.6) is 0 Å². The van der Waals surface area contributed by atoms with E-state index < -0.39 is 5.97 Å². The number of ketones is 1. The topological polar surface area (TPSA) is 63.7 Å². The standard InChI is InChI=1S/C21H20ClNO4/c1-13-5-6-15(10-14(13)2)19(24)12-27-21(26)16-7-8-17(22)18(11-16)23-9-3-4-20(23)25/h5-8,10-11H,3-4,9,12H2,1-2H3. The highest BCUT2D eigenvalue weighted by Gasteiger charge is 2.25. The molecule has 0 radical (unpaired) electrons. The van der Waals surface area contributed by atoms with E-state index in [4.69, 9.17) is 16.3 Å². The normalized spacial score (nSPS) is 13.7. The Balaban J connectivity index is 1.70. The van der Waals surface area contributed by atoms with Gasteiger partial charge in [0.1, 0.15) is 0 Å². The van der Waals surface area contributed by atoms with E-state index in [-0.39, 0.29) is 23.9 Å². The van der Waals surface area contributed by atoms with Gasteiger partial charge in [-0.2, -0.15) is 0 Å². The zero-order chi connectivity index (χ0) is 19.6. The minimum atomic E-state index is -0.628. The molecular weight excluding hydrogens is 366 g/mol. The van der Waals surface area contributed by atoms with Crippen LogP contribution in [0.1, 0.15) is 44.7 Å². The summed E-state index contributed by atoms with van der Waals surface area (Å²) in [5, 5.41) is 0.396. The molecule has 5 nitrogen and oxygen atoms in total. The van der Waals surface area contributed by atoms with Crippen LogP contribution >= 0.6 is 11.6 Å². The predicted molar refractivity (Wildman–Crippen MR) is 104 cm³/mol. The molecule has 0 bridgehead atoms. The average Bonchev–Trinajstić information content (AvgIpc) is 3.07. The molecule has 2 aromatic carbocycles. The van der Waals surface area contributed by atoms with Gasteiger partial charge in [-0.05, 0) is 55.7 Å². The van der Waals surface area contributed by atoms with Gasteiger partial charge in [-0.15, -0.1) is 0 Å². The number of esters is 1. The van der Waals surface area contributed by atoms with Crippen LogP contribution in [0.4, 0.5) is 5.69 Å². The molecule has 0 saturated carbocycles. The third-order valence-corrected chi connectivity index (χ3v) is 5.03. The van der Waals surface area contributed by atoms with Crippen LogP contribution in [-0.2, 0) is 9.53 Å². The first-order valence-electron chi connectivity index (χ1n) is 8.74. The summed E-state index contributed by atoms with van der Waals surface area (Å²) in [7, 11) is 0. The van der Waals surface area contributed by atoms with Crippen molar-refractivity contribution in [2.45, 2.75) is 26.7 Å². The summed E-state index contributed by atoms with van der Waals surface area (Å²) < 4.78 is 5.16. The smallest absolute Gasteiger partial charge is 0.338 e. The molecule has 0 atom stereocenters. The van der Waals surface area contributed by atoms with E-state index in [1.807, 2.05) is 19.9 Å². The molecule has 1 fully saturated rings. The fraction of sp³-hybridized carbons (Fsp3) is 0.286. The Kier molecular flexibility index (Phi) is 5.61. The molecule has 0 spiro atoms. The summed E-state index contributed by atoms with van der Waals surface area (Å²) in [5.41, 5.74) is 3.35. The first-order chi connectivity index (χ1) is 12.9. The number of carbonyl (C=O) groups is 3. The number of hydrogen-bond donors (Lipinski definition) is 0. The van der Waals surface area contributed by atoms with Gasteiger partial charge in [0.2, 0.25) is 5.91 Å². The largest absolute Gasteiger partial charge is 0.454 e. The van der Waals surface area contributed by atoms with Gasteiger partial charge < -0.3 is 9.64 Å². The van der Waals surface area contributed by atoms with Crippen molar-refractivity contribution in [3.8, 4) is 0 Å². The molecule has 27 heavy (non-hydrogen) atoms. The first-order valence-corrected chi connectivity index (χ1v) is 9.12. The highest BCUT2D eigenvalue weighted by Crippen LogP contribution is 2.30. The molecule has 1 aliphatic heterocycles. The number of carbonyl (C=O) groups excluding carboxylic acids is 3. The highest BCUT2D eigenvalue weighted by atomic mass is 35.5. The number of halogens is 1. The van der Waals surface area contributed by atoms with E-state index >= 15 is 0 Å². The van der Waals surface area contributed by atoms with Gasteiger partial charge in [-0.25, -0.2) is 4.79 Å². The van der Waals surface area contributed by atoms with Crippen molar-refractivity contribution in [3.63, 3.8) is 0 Å². The lowest BCUT2D eigenvalue weighted by atomic mass is 10.0. The molecule has 0 aliphatic carbocycles. The van der Waals surface area contributed by atoms with Crippen molar-refractivity contribution in [2.24, 2.45) is 0 Å². The zero-order valence-electron chi connectivity index (χ0n) is 15.3. The second-order valence-corrected chi connectivity index (χ2v) is 7.02. The Morgan fingerprint density at radius 1 is 1.07 bits per heavy atom.